The highest BCUT2D eigenvalue weighted by atomic mass is 127. The summed E-state index contributed by atoms with van der Waals surface area (Å²) in [6.07, 6.45) is 5.51. The number of nitrogens with one attached hydrogen (secondary N) is 2. The zero-order valence-electron chi connectivity index (χ0n) is 16.9. The van der Waals surface area contributed by atoms with Gasteiger partial charge in [0, 0.05) is 51.3 Å². The van der Waals surface area contributed by atoms with Crippen molar-refractivity contribution in [1.29, 1.82) is 0 Å². The lowest BCUT2D eigenvalue weighted by atomic mass is 10.1. The lowest BCUT2D eigenvalue weighted by Gasteiger charge is -2.22. The van der Waals surface area contributed by atoms with Crippen LogP contribution in [-0.2, 0) is 16.1 Å². The van der Waals surface area contributed by atoms with Gasteiger partial charge < -0.3 is 20.3 Å². The molecule has 1 atom stereocenters. The van der Waals surface area contributed by atoms with E-state index in [4.69, 9.17) is 4.74 Å². The zero-order valence-corrected chi connectivity index (χ0v) is 19.3. The third kappa shape index (κ3) is 6.34. The summed E-state index contributed by atoms with van der Waals surface area (Å²) in [4.78, 5) is 19.0. The highest BCUT2D eigenvalue weighted by Crippen LogP contribution is 2.26. The number of anilines is 1. The third-order valence-corrected chi connectivity index (χ3v) is 5.57. The molecule has 1 aliphatic heterocycles. The van der Waals surface area contributed by atoms with Crippen LogP contribution in [0.1, 0.15) is 37.7 Å². The molecule has 1 amide bonds. The Morgan fingerprint density at radius 3 is 2.79 bits per heavy atom. The van der Waals surface area contributed by atoms with Crippen LogP contribution in [0.3, 0.4) is 0 Å². The summed E-state index contributed by atoms with van der Waals surface area (Å²) in [5, 5.41) is 6.53. The van der Waals surface area contributed by atoms with E-state index in [2.05, 4.69) is 26.6 Å². The fraction of sp³-hybridized carbons (Fsp3) is 0.619. The zero-order chi connectivity index (χ0) is 19.1. The molecule has 1 saturated heterocycles. The monoisotopic (exact) mass is 500 g/mol. The van der Waals surface area contributed by atoms with E-state index in [1.54, 1.807) is 7.11 Å². The van der Waals surface area contributed by atoms with Gasteiger partial charge in [0.2, 0.25) is 5.91 Å². The number of nitrogens with zero attached hydrogens (tertiary/aromatic N) is 2. The number of ether oxygens (including phenoxy) is 1. The van der Waals surface area contributed by atoms with Crippen molar-refractivity contribution in [3.8, 4) is 0 Å². The number of hydrogen-bond acceptors (Lipinski definition) is 3. The van der Waals surface area contributed by atoms with Gasteiger partial charge in [-0.1, -0.05) is 25.0 Å². The fourth-order valence-corrected chi connectivity index (χ4v) is 4.10. The van der Waals surface area contributed by atoms with Gasteiger partial charge in [0.25, 0.3) is 0 Å². The van der Waals surface area contributed by atoms with Gasteiger partial charge in [-0.2, -0.15) is 0 Å². The van der Waals surface area contributed by atoms with Crippen LogP contribution in [0.15, 0.2) is 29.3 Å². The van der Waals surface area contributed by atoms with E-state index < -0.39 is 0 Å². The molecule has 1 heterocycles. The van der Waals surface area contributed by atoms with E-state index in [1.165, 1.54) is 12.8 Å². The molecule has 1 saturated carbocycles. The molecular formula is C21H33IN4O2. The van der Waals surface area contributed by atoms with E-state index in [0.717, 1.165) is 56.2 Å². The fourth-order valence-electron chi connectivity index (χ4n) is 4.10. The van der Waals surface area contributed by atoms with Crippen LogP contribution in [0.2, 0.25) is 0 Å². The maximum absolute atomic E-state index is 12.3. The molecular weight excluding hydrogens is 467 g/mol. The van der Waals surface area contributed by atoms with Crippen molar-refractivity contribution in [3.63, 3.8) is 0 Å². The van der Waals surface area contributed by atoms with Gasteiger partial charge in [0.1, 0.15) is 0 Å². The van der Waals surface area contributed by atoms with Gasteiger partial charge >= 0.3 is 0 Å². The Hall–Kier alpha value is -1.35. The predicted molar refractivity (Wildman–Crippen MR) is 124 cm³/mol. The Morgan fingerprint density at radius 2 is 2.07 bits per heavy atom. The molecule has 1 aliphatic carbocycles. The molecule has 1 aromatic rings. The first-order valence-corrected chi connectivity index (χ1v) is 10.0. The number of carbonyl (C=O) groups is 1. The SMILES string of the molecule is CN=C(NCc1cccc(NC(=O)C2CCCC2)c1)N1CCC(COC)C1.I. The lowest BCUT2D eigenvalue weighted by molar-refractivity contribution is -0.119. The molecule has 156 valence electrons. The number of likely N-dealkylation sites (tertiary alicyclic amines) is 1. The average Bonchev–Trinajstić information content (AvgIpc) is 3.35. The number of amides is 1. The van der Waals surface area contributed by atoms with Crippen molar-refractivity contribution < 1.29 is 9.53 Å². The summed E-state index contributed by atoms with van der Waals surface area (Å²) in [6, 6.07) is 8.07. The molecule has 3 rings (SSSR count). The number of guanidine groups is 1. The molecule has 6 nitrogen and oxygen atoms in total. The summed E-state index contributed by atoms with van der Waals surface area (Å²) in [5.41, 5.74) is 2.01. The molecule has 0 aromatic heterocycles. The summed E-state index contributed by atoms with van der Waals surface area (Å²) < 4.78 is 5.28. The summed E-state index contributed by atoms with van der Waals surface area (Å²) in [5.74, 6) is 1.84. The van der Waals surface area contributed by atoms with E-state index in [9.17, 15) is 4.79 Å². The maximum Gasteiger partial charge on any atom is 0.227 e. The van der Waals surface area contributed by atoms with Gasteiger partial charge in [-0.05, 0) is 37.0 Å². The van der Waals surface area contributed by atoms with Crippen molar-refractivity contribution >= 4 is 41.5 Å². The maximum atomic E-state index is 12.3. The first-order chi connectivity index (χ1) is 13.2. The molecule has 2 aliphatic rings. The molecule has 7 heteroatoms. The number of halogens is 1. The molecule has 0 radical (unpaired) electrons. The first-order valence-electron chi connectivity index (χ1n) is 10.0. The van der Waals surface area contributed by atoms with Crippen molar-refractivity contribution in [2.75, 3.05) is 39.2 Å². The molecule has 1 unspecified atom stereocenters. The van der Waals surface area contributed by atoms with Gasteiger partial charge in [-0.3, -0.25) is 9.79 Å². The summed E-state index contributed by atoms with van der Waals surface area (Å²) in [6.45, 7) is 3.47. The van der Waals surface area contributed by atoms with E-state index in [0.29, 0.717) is 12.5 Å². The molecule has 0 bridgehead atoms. The topological polar surface area (TPSA) is 66.0 Å². The molecule has 2 fully saturated rings. The van der Waals surface area contributed by atoms with Gasteiger partial charge in [-0.15, -0.1) is 24.0 Å². The van der Waals surface area contributed by atoms with Crippen LogP contribution in [0.5, 0.6) is 0 Å². The number of methoxy groups -OCH3 is 1. The van der Waals surface area contributed by atoms with E-state index in [1.807, 2.05) is 25.2 Å². The average molecular weight is 500 g/mol. The van der Waals surface area contributed by atoms with Crippen LogP contribution in [-0.4, -0.2) is 50.6 Å². The molecule has 28 heavy (non-hydrogen) atoms. The highest BCUT2D eigenvalue weighted by molar-refractivity contribution is 14.0. The molecule has 2 N–H and O–H groups in total. The molecule has 1 aromatic carbocycles. The normalized spacial score (nSPS) is 20.1. The minimum atomic E-state index is 0. The Balaban J connectivity index is 0.00000280. The van der Waals surface area contributed by atoms with Crippen LogP contribution in [0.25, 0.3) is 0 Å². The van der Waals surface area contributed by atoms with Gasteiger partial charge in [0.15, 0.2) is 5.96 Å². The highest BCUT2D eigenvalue weighted by Gasteiger charge is 2.25. The number of aliphatic imine (C=N–C) groups is 1. The lowest BCUT2D eigenvalue weighted by Crippen LogP contribution is -2.39. The van der Waals surface area contributed by atoms with Crippen LogP contribution < -0.4 is 10.6 Å². The summed E-state index contributed by atoms with van der Waals surface area (Å²) >= 11 is 0. The van der Waals surface area contributed by atoms with Crippen LogP contribution >= 0.6 is 24.0 Å². The largest absolute Gasteiger partial charge is 0.384 e. The standard InChI is InChI=1S/C21H32N4O2.HI/c1-22-21(25-11-10-17(14-25)15-27-2)23-13-16-6-5-9-19(12-16)24-20(26)18-7-3-4-8-18;/h5-6,9,12,17-18H,3-4,7-8,10-11,13-15H2,1-2H3,(H,22,23)(H,24,26);1H. The second-order valence-corrected chi connectivity index (χ2v) is 7.63. The van der Waals surface area contributed by atoms with Crippen molar-refractivity contribution in [2.45, 2.75) is 38.6 Å². The number of hydrogen-bond donors (Lipinski definition) is 2. The second kappa shape index (κ2) is 11.6. The van der Waals surface area contributed by atoms with E-state index in [-0.39, 0.29) is 35.8 Å². The van der Waals surface area contributed by atoms with Gasteiger partial charge in [0.05, 0.1) is 6.61 Å². The van der Waals surface area contributed by atoms with Crippen LogP contribution in [0.4, 0.5) is 5.69 Å². The van der Waals surface area contributed by atoms with Crippen molar-refractivity contribution in [2.24, 2.45) is 16.8 Å². The predicted octanol–water partition coefficient (Wildman–Crippen LogP) is 3.48. The van der Waals surface area contributed by atoms with Crippen molar-refractivity contribution in [3.05, 3.63) is 29.8 Å². The second-order valence-electron chi connectivity index (χ2n) is 7.63. The number of carbonyl (C=O) groups excluding carboxylic acids is 1. The van der Waals surface area contributed by atoms with Crippen LogP contribution in [0, 0.1) is 11.8 Å². The Kier molecular flexibility index (Phi) is 9.50. The molecule has 0 spiro atoms. The minimum absolute atomic E-state index is 0. The van der Waals surface area contributed by atoms with Crippen molar-refractivity contribution in [1.82, 2.24) is 10.2 Å². The smallest absolute Gasteiger partial charge is 0.227 e. The Morgan fingerprint density at radius 1 is 1.29 bits per heavy atom. The number of rotatable bonds is 6. The number of benzene rings is 1. The van der Waals surface area contributed by atoms with E-state index >= 15 is 0 Å². The summed E-state index contributed by atoms with van der Waals surface area (Å²) in [7, 11) is 3.58. The minimum Gasteiger partial charge on any atom is -0.384 e. The quantitative estimate of drug-likeness (QED) is 0.357. The Labute approximate surface area is 185 Å². The Bertz CT molecular complexity index is 662. The third-order valence-electron chi connectivity index (χ3n) is 5.57. The van der Waals surface area contributed by atoms with Gasteiger partial charge in [-0.25, -0.2) is 0 Å². The first kappa shape index (κ1) is 22.9.